The Labute approximate surface area is 237 Å². The maximum Gasteiger partial charge on any atom is 0.335 e. The van der Waals surface area contributed by atoms with Gasteiger partial charge in [-0.25, -0.2) is 9.97 Å². The molecule has 1 aliphatic rings. The number of thiophene rings is 1. The van der Waals surface area contributed by atoms with Gasteiger partial charge in [-0.3, -0.25) is 8.98 Å². The van der Waals surface area contributed by atoms with Gasteiger partial charge in [0.05, 0.1) is 16.5 Å². The van der Waals surface area contributed by atoms with E-state index in [1.54, 1.807) is 0 Å². The minimum Gasteiger partial charge on any atom is -0.390 e. The van der Waals surface area contributed by atoms with Crippen molar-refractivity contribution in [3.05, 3.63) is 76.0 Å². The third-order valence-electron chi connectivity index (χ3n) is 6.86. The molecule has 40 heavy (non-hydrogen) atoms. The van der Waals surface area contributed by atoms with Crippen molar-refractivity contribution in [1.29, 1.82) is 0 Å². The second-order valence-corrected chi connectivity index (χ2v) is 12.6. The number of carbonyl (C=O) groups excluding carboxylic acids is 1. The zero-order chi connectivity index (χ0) is 28.4. The molecule has 1 saturated carbocycles. The van der Waals surface area contributed by atoms with Crippen molar-refractivity contribution in [2.24, 2.45) is 0 Å². The van der Waals surface area contributed by atoms with Gasteiger partial charge in [0.25, 0.3) is 0 Å². The molecule has 3 atom stereocenters. The van der Waals surface area contributed by atoms with Crippen LogP contribution in [0.25, 0.3) is 10.9 Å². The van der Waals surface area contributed by atoms with Crippen LogP contribution in [0.4, 0.5) is 5.82 Å². The number of para-hydroxylation sites is 1. The molecular formula is C27H32N6O5S2. The predicted octanol–water partition coefficient (Wildman–Crippen LogP) is 2.62. The average molecular weight is 585 g/mol. The molecule has 3 heterocycles. The van der Waals surface area contributed by atoms with E-state index in [1.165, 1.54) is 41.9 Å². The van der Waals surface area contributed by atoms with Gasteiger partial charge in [-0.15, -0.1) is 11.3 Å². The summed E-state index contributed by atoms with van der Waals surface area (Å²) in [5.41, 5.74) is 3.71. The summed E-state index contributed by atoms with van der Waals surface area (Å²) < 4.78 is 32.9. The maximum absolute atomic E-state index is 13.5. The van der Waals surface area contributed by atoms with E-state index in [9.17, 15) is 18.3 Å². The Bertz CT molecular complexity index is 1620. The number of ketones is 1. The summed E-state index contributed by atoms with van der Waals surface area (Å²) in [4.78, 5) is 24.5. The molecule has 0 spiro atoms. The van der Waals surface area contributed by atoms with Crippen molar-refractivity contribution in [2.75, 3.05) is 26.5 Å². The molecule has 4 aromatic rings. The number of aromatic nitrogens is 3. The molecule has 0 saturated heterocycles. The summed E-state index contributed by atoms with van der Waals surface area (Å²) in [7, 11) is 1.39. The standard InChI is InChI=1S/C27H32N6O5S2/c1-28-40(36,37)38-24-10-19(9-23(24)34)31-27-21(11-29-16-30-27)26(35)25-8-17(15-39-25)12-33-14-18(13-32(2)3)20-6-4-5-7-22(20)33/h4-8,11,14-16,19,23-24,28,34H,9-10,12-13H2,1-3H3,(H,29,30,31)/t19-,23+,24-/m1/s1. The fraction of sp³-hybridized carbons (Fsp3) is 0.370. The van der Waals surface area contributed by atoms with Crippen molar-refractivity contribution in [2.45, 2.75) is 44.2 Å². The molecule has 0 bridgehead atoms. The number of anilines is 1. The summed E-state index contributed by atoms with van der Waals surface area (Å²) in [5.74, 6) is 0.114. The number of aliphatic hydroxyl groups excluding tert-OH is 1. The smallest absolute Gasteiger partial charge is 0.335 e. The highest BCUT2D eigenvalue weighted by Gasteiger charge is 2.37. The van der Waals surface area contributed by atoms with E-state index < -0.39 is 22.5 Å². The first-order valence-electron chi connectivity index (χ1n) is 12.8. The highest BCUT2D eigenvalue weighted by atomic mass is 32.2. The van der Waals surface area contributed by atoms with E-state index in [0.29, 0.717) is 22.8 Å². The lowest BCUT2D eigenvalue weighted by molar-refractivity contribution is 0.0636. The quantitative estimate of drug-likeness (QED) is 0.227. The summed E-state index contributed by atoms with van der Waals surface area (Å²) >= 11 is 1.37. The Morgan fingerprint density at radius 3 is 2.85 bits per heavy atom. The molecule has 3 aromatic heterocycles. The highest BCUT2D eigenvalue weighted by Crippen LogP contribution is 2.29. The summed E-state index contributed by atoms with van der Waals surface area (Å²) in [6.07, 6.45) is 3.56. The number of hydrogen-bond donors (Lipinski definition) is 3. The van der Waals surface area contributed by atoms with Gasteiger partial charge in [-0.1, -0.05) is 18.2 Å². The van der Waals surface area contributed by atoms with Crippen molar-refractivity contribution < 1.29 is 22.5 Å². The second kappa shape index (κ2) is 11.7. The number of fused-ring (bicyclic) bond motifs is 1. The van der Waals surface area contributed by atoms with Crippen LogP contribution < -0.4 is 10.0 Å². The van der Waals surface area contributed by atoms with Gasteiger partial charge in [0.15, 0.2) is 0 Å². The number of nitrogens with one attached hydrogen (secondary N) is 2. The largest absolute Gasteiger partial charge is 0.390 e. The molecule has 1 aliphatic carbocycles. The lowest BCUT2D eigenvalue weighted by Gasteiger charge is -2.15. The van der Waals surface area contributed by atoms with Crippen LogP contribution in [-0.2, 0) is 27.6 Å². The van der Waals surface area contributed by atoms with Crippen molar-refractivity contribution in [1.82, 2.24) is 24.2 Å². The van der Waals surface area contributed by atoms with E-state index in [4.69, 9.17) is 4.18 Å². The van der Waals surface area contributed by atoms with Crippen LogP contribution in [0.3, 0.4) is 0 Å². The van der Waals surface area contributed by atoms with Crippen LogP contribution in [0.15, 0.2) is 54.4 Å². The van der Waals surface area contributed by atoms with Crippen LogP contribution >= 0.6 is 11.3 Å². The number of aliphatic hydroxyl groups is 1. The van der Waals surface area contributed by atoms with Crippen LogP contribution in [0.5, 0.6) is 0 Å². The van der Waals surface area contributed by atoms with Crippen LogP contribution in [-0.4, -0.2) is 78.1 Å². The van der Waals surface area contributed by atoms with Crippen molar-refractivity contribution >= 4 is 44.1 Å². The number of carbonyl (C=O) groups is 1. The first kappa shape index (κ1) is 28.3. The molecule has 11 nitrogen and oxygen atoms in total. The topological polar surface area (TPSA) is 139 Å². The first-order chi connectivity index (χ1) is 19.1. The van der Waals surface area contributed by atoms with Gasteiger partial charge < -0.3 is 19.9 Å². The summed E-state index contributed by atoms with van der Waals surface area (Å²) in [6.45, 7) is 1.46. The Morgan fingerprint density at radius 1 is 1.27 bits per heavy atom. The molecule has 1 fully saturated rings. The third kappa shape index (κ3) is 6.24. The first-order valence-corrected chi connectivity index (χ1v) is 15.1. The molecule has 13 heteroatoms. The normalized spacial score (nSPS) is 19.5. The zero-order valence-electron chi connectivity index (χ0n) is 22.4. The van der Waals surface area contributed by atoms with E-state index in [2.05, 4.69) is 61.9 Å². The highest BCUT2D eigenvalue weighted by molar-refractivity contribution is 7.84. The molecule has 0 radical (unpaired) electrons. The predicted molar refractivity (Wildman–Crippen MR) is 154 cm³/mol. The van der Waals surface area contributed by atoms with Gasteiger partial charge in [0.1, 0.15) is 18.2 Å². The number of benzene rings is 1. The van der Waals surface area contributed by atoms with Crippen LogP contribution in [0, 0.1) is 0 Å². The Balaban J connectivity index is 1.31. The molecule has 0 unspecified atom stereocenters. The Kier molecular flexibility index (Phi) is 8.31. The van der Waals surface area contributed by atoms with E-state index >= 15 is 0 Å². The number of rotatable bonds is 11. The summed E-state index contributed by atoms with van der Waals surface area (Å²) in [5, 5.41) is 16.7. The lowest BCUT2D eigenvalue weighted by atomic mass is 10.1. The Morgan fingerprint density at radius 2 is 2.08 bits per heavy atom. The molecule has 212 valence electrons. The van der Waals surface area contributed by atoms with E-state index in [-0.39, 0.29) is 24.7 Å². The minimum atomic E-state index is -3.95. The molecule has 3 N–H and O–H groups in total. The van der Waals surface area contributed by atoms with Crippen molar-refractivity contribution in [3.8, 4) is 0 Å². The molecule has 5 rings (SSSR count). The van der Waals surface area contributed by atoms with Crippen LogP contribution in [0.2, 0.25) is 0 Å². The average Bonchev–Trinajstić information content (AvgIpc) is 3.62. The van der Waals surface area contributed by atoms with Crippen molar-refractivity contribution in [3.63, 3.8) is 0 Å². The molecule has 0 amide bonds. The van der Waals surface area contributed by atoms with E-state index in [1.807, 2.05) is 23.6 Å². The Hall–Kier alpha value is -3.20. The van der Waals surface area contributed by atoms with E-state index in [0.717, 1.165) is 17.6 Å². The van der Waals surface area contributed by atoms with Gasteiger partial charge in [-0.2, -0.15) is 13.1 Å². The van der Waals surface area contributed by atoms with Gasteiger partial charge in [0.2, 0.25) is 5.78 Å². The van der Waals surface area contributed by atoms with Crippen LogP contribution in [0.1, 0.15) is 39.2 Å². The summed E-state index contributed by atoms with van der Waals surface area (Å²) in [6, 6.07) is 9.87. The minimum absolute atomic E-state index is 0.214. The number of nitrogens with zero attached hydrogens (tertiary/aromatic N) is 4. The van der Waals surface area contributed by atoms with Gasteiger partial charge in [0, 0.05) is 49.5 Å². The zero-order valence-corrected chi connectivity index (χ0v) is 24.1. The van der Waals surface area contributed by atoms with Gasteiger partial charge in [-0.05, 0) is 55.6 Å². The monoisotopic (exact) mass is 584 g/mol. The second-order valence-electron chi connectivity index (χ2n) is 10.1. The maximum atomic E-state index is 13.5. The fourth-order valence-electron chi connectivity index (χ4n) is 5.04. The molecular weight excluding hydrogens is 552 g/mol. The lowest BCUT2D eigenvalue weighted by Crippen LogP contribution is -2.31. The molecule has 1 aromatic carbocycles. The third-order valence-corrected chi connectivity index (χ3v) is 8.84. The number of hydrogen-bond acceptors (Lipinski definition) is 10. The SMILES string of the molecule is CNS(=O)(=O)O[C@@H]1C[C@H](Nc2ncncc2C(=O)c2cc(Cn3cc(CN(C)C)c4ccccc43)cs2)C[C@@H]1O. The molecule has 0 aliphatic heterocycles. The van der Waals surface area contributed by atoms with Gasteiger partial charge >= 0.3 is 10.3 Å². The fourth-order valence-corrected chi connectivity index (χ4v) is 6.53.